The topological polar surface area (TPSA) is 58.7 Å². The molecule has 0 fully saturated rings. The zero-order valence-corrected chi connectivity index (χ0v) is 14.4. The highest BCUT2D eigenvalue weighted by molar-refractivity contribution is 8.00. The molecule has 1 atom stereocenters. The average Bonchev–Trinajstić information content (AvgIpc) is 2.73. The van der Waals surface area contributed by atoms with E-state index in [4.69, 9.17) is 5.26 Å². The molecule has 0 radical (unpaired) electrons. The van der Waals surface area contributed by atoms with Gasteiger partial charge in [-0.25, -0.2) is 4.98 Å². The molecule has 2 heterocycles. The van der Waals surface area contributed by atoms with Gasteiger partial charge in [0.2, 0.25) is 0 Å². The van der Waals surface area contributed by atoms with E-state index < -0.39 is 0 Å². The molecule has 4 nitrogen and oxygen atoms in total. The number of nitrogens with zero attached hydrogens (tertiary/aromatic N) is 3. The Morgan fingerprint density at radius 3 is 2.81 bits per heavy atom. The zero-order valence-electron chi connectivity index (χ0n) is 12.8. The highest BCUT2D eigenvalue weighted by atomic mass is 32.2. The van der Waals surface area contributed by atoms with Crippen LogP contribution in [-0.4, -0.2) is 14.8 Å². The summed E-state index contributed by atoms with van der Waals surface area (Å²) in [6.07, 6.45) is 1.95. The number of fused-ring (bicyclic) bond motifs is 1. The number of hydrogen-bond donors (Lipinski definition) is 0. The van der Waals surface area contributed by atoms with Gasteiger partial charge in [0.15, 0.2) is 5.16 Å². The van der Waals surface area contributed by atoms with Crippen molar-refractivity contribution >= 4 is 33.3 Å². The molecule has 2 aromatic rings. The monoisotopic (exact) mass is 321 g/mol. The number of unbranched alkanes of at least 4 members (excludes halogenated alkanes) is 1. The zero-order chi connectivity index (χ0) is 15.6. The Hall–Kier alpha value is -1.32. The number of hydrogen-bond acceptors (Lipinski definition) is 5. The van der Waals surface area contributed by atoms with Gasteiger partial charge in [-0.05, 0) is 32.8 Å². The molecule has 0 aliphatic rings. The van der Waals surface area contributed by atoms with Gasteiger partial charge in [0.1, 0.15) is 4.83 Å². The first-order chi connectivity index (χ1) is 9.99. The van der Waals surface area contributed by atoms with Gasteiger partial charge >= 0.3 is 0 Å². The van der Waals surface area contributed by atoms with Crippen LogP contribution in [0, 0.1) is 25.2 Å². The van der Waals surface area contributed by atoms with E-state index in [1.165, 1.54) is 11.8 Å². The van der Waals surface area contributed by atoms with E-state index in [9.17, 15) is 4.79 Å². The van der Waals surface area contributed by atoms with E-state index in [0.29, 0.717) is 11.7 Å². The molecular formula is C15H19N3OS2. The first kappa shape index (κ1) is 16.1. The predicted molar refractivity (Wildman–Crippen MR) is 89.2 cm³/mol. The van der Waals surface area contributed by atoms with Crippen LogP contribution in [0.4, 0.5) is 0 Å². The van der Waals surface area contributed by atoms with Crippen LogP contribution in [0.5, 0.6) is 0 Å². The molecule has 0 saturated heterocycles. The molecule has 112 valence electrons. The number of thioether (sulfide) groups is 1. The van der Waals surface area contributed by atoms with Crippen LogP contribution in [0.25, 0.3) is 10.2 Å². The Bertz CT molecular complexity index is 755. The molecule has 0 spiro atoms. The number of aromatic nitrogens is 2. The predicted octanol–water partition coefficient (Wildman–Crippen LogP) is 3.88. The van der Waals surface area contributed by atoms with Crippen molar-refractivity contribution in [1.29, 1.82) is 5.26 Å². The fourth-order valence-corrected chi connectivity index (χ4v) is 3.99. The van der Waals surface area contributed by atoms with E-state index in [1.807, 2.05) is 20.8 Å². The number of thiophene rings is 1. The molecule has 0 bridgehead atoms. The molecule has 2 rings (SSSR count). The summed E-state index contributed by atoms with van der Waals surface area (Å²) < 4.78 is 1.74. The standard InChI is InChI=1S/C15H19N3OS2/c1-5-6-7-18-14(19)12-10(3)11(4)21-13(12)17-15(18)20-9(2)8-16/h9H,5-7H2,1-4H3/t9-/m0/s1. The maximum absolute atomic E-state index is 12.8. The number of nitriles is 1. The van der Waals surface area contributed by atoms with Crippen molar-refractivity contribution in [2.75, 3.05) is 0 Å². The summed E-state index contributed by atoms with van der Waals surface area (Å²) in [5.41, 5.74) is 1.06. The van der Waals surface area contributed by atoms with Crippen molar-refractivity contribution in [1.82, 2.24) is 9.55 Å². The summed E-state index contributed by atoms with van der Waals surface area (Å²) in [4.78, 5) is 19.4. The van der Waals surface area contributed by atoms with Crippen molar-refractivity contribution in [2.45, 2.75) is 57.5 Å². The van der Waals surface area contributed by atoms with Crippen LogP contribution < -0.4 is 5.56 Å². The minimum Gasteiger partial charge on any atom is -0.287 e. The lowest BCUT2D eigenvalue weighted by Crippen LogP contribution is -2.24. The third-order valence-corrected chi connectivity index (χ3v) is 5.54. The molecule has 0 aliphatic heterocycles. The van der Waals surface area contributed by atoms with Crippen molar-refractivity contribution < 1.29 is 0 Å². The van der Waals surface area contributed by atoms with Gasteiger partial charge in [0, 0.05) is 11.4 Å². The molecule has 0 aromatic carbocycles. The maximum Gasteiger partial charge on any atom is 0.263 e. The van der Waals surface area contributed by atoms with Gasteiger partial charge in [0.05, 0.1) is 16.7 Å². The molecule has 0 aliphatic carbocycles. The second-order valence-electron chi connectivity index (χ2n) is 5.06. The number of aryl methyl sites for hydroxylation is 2. The van der Waals surface area contributed by atoms with E-state index in [2.05, 4.69) is 18.0 Å². The molecule has 0 amide bonds. The molecule has 2 aromatic heterocycles. The van der Waals surface area contributed by atoms with Gasteiger partial charge in [-0.15, -0.1) is 11.3 Å². The first-order valence-corrected chi connectivity index (χ1v) is 8.76. The lowest BCUT2D eigenvalue weighted by Gasteiger charge is -2.12. The fraction of sp³-hybridized carbons (Fsp3) is 0.533. The summed E-state index contributed by atoms with van der Waals surface area (Å²) >= 11 is 2.92. The first-order valence-electron chi connectivity index (χ1n) is 7.06. The van der Waals surface area contributed by atoms with Crippen LogP contribution in [-0.2, 0) is 6.54 Å². The van der Waals surface area contributed by atoms with E-state index >= 15 is 0 Å². The average molecular weight is 321 g/mol. The highest BCUT2D eigenvalue weighted by Gasteiger charge is 2.18. The molecule has 0 saturated carbocycles. The van der Waals surface area contributed by atoms with Crippen molar-refractivity contribution in [3.8, 4) is 6.07 Å². The lowest BCUT2D eigenvalue weighted by molar-refractivity contribution is 0.558. The van der Waals surface area contributed by atoms with Crippen molar-refractivity contribution in [2.24, 2.45) is 0 Å². The third-order valence-electron chi connectivity index (χ3n) is 3.45. The summed E-state index contributed by atoms with van der Waals surface area (Å²) in [6, 6.07) is 2.19. The Kier molecular flexibility index (Phi) is 5.07. The van der Waals surface area contributed by atoms with E-state index in [0.717, 1.165) is 33.5 Å². The third kappa shape index (κ3) is 3.14. The second kappa shape index (κ2) is 6.63. The highest BCUT2D eigenvalue weighted by Crippen LogP contribution is 2.29. The van der Waals surface area contributed by atoms with Crippen LogP contribution in [0.15, 0.2) is 9.95 Å². The SMILES string of the molecule is CCCCn1c(S[C@@H](C)C#N)nc2sc(C)c(C)c2c1=O. The van der Waals surface area contributed by atoms with Crippen molar-refractivity contribution in [3.05, 3.63) is 20.8 Å². The van der Waals surface area contributed by atoms with Crippen LogP contribution in [0.3, 0.4) is 0 Å². The summed E-state index contributed by atoms with van der Waals surface area (Å²) in [5.74, 6) is 0. The van der Waals surface area contributed by atoms with E-state index in [1.54, 1.807) is 15.9 Å². The summed E-state index contributed by atoms with van der Waals surface area (Å²) in [6.45, 7) is 8.58. The Morgan fingerprint density at radius 2 is 2.19 bits per heavy atom. The molecule has 21 heavy (non-hydrogen) atoms. The normalized spacial score (nSPS) is 12.5. The second-order valence-corrected chi connectivity index (χ2v) is 7.57. The molecule has 0 N–H and O–H groups in total. The van der Waals surface area contributed by atoms with Gasteiger partial charge in [-0.2, -0.15) is 5.26 Å². The Balaban J connectivity index is 2.65. The quantitative estimate of drug-likeness (QED) is 0.619. The largest absolute Gasteiger partial charge is 0.287 e. The van der Waals surface area contributed by atoms with Crippen LogP contribution in [0.2, 0.25) is 0 Å². The summed E-state index contributed by atoms with van der Waals surface area (Å²) in [5, 5.41) is 10.2. The molecular weight excluding hydrogens is 302 g/mol. The maximum atomic E-state index is 12.8. The van der Waals surface area contributed by atoms with Crippen molar-refractivity contribution in [3.63, 3.8) is 0 Å². The van der Waals surface area contributed by atoms with Crippen LogP contribution in [0.1, 0.15) is 37.1 Å². The van der Waals surface area contributed by atoms with Gasteiger partial charge in [-0.1, -0.05) is 25.1 Å². The molecule has 6 heteroatoms. The van der Waals surface area contributed by atoms with Crippen LogP contribution >= 0.6 is 23.1 Å². The smallest absolute Gasteiger partial charge is 0.263 e. The fourth-order valence-electron chi connectivity index (χ4n) is 2.10. The van der Waals surface area contributed by atoms with Gasteiger partial charge in [0.25, 0.3) is 5.56 Å². The van der Waals surface area contributed by atoms with Gasteiger partial charge < -0.3 is 0 Å². The van der Waals surface area contributed by atoms with E-state index in [-0.39, 0.29) is 10.8 Å². The number of rotatable bonds is 5. The molecule has 0 unspecified atom stereocenters. The minimum absolute atomic E-state index is 0.0305. The van der Waals surface area contributed by atoms with Gasteiger partial charge in [-0.3, -0.25) is 9.36 Å². The summed E-state index contributed by atoms with van der Waals surface area (Å²) in [7, 11) is 0. The Labute approximate surface area is 132 Å². The lowest BCUT2D eigenvalue weighted by atomic mass is 10.2. The Morgan fingerprint density at radius 1 is 1.48 bits per heavy atom. The minimum atomic E-state index is -0.218.